The highest BCUT2D eigenvalue weighted by Crippen LogP contribution is 2.33. The number of hydrogen-bond acceptors (Lipinski definition) is 18. The lowest BCUT2D eigenvalue weighted by Crippen LogP contribution is -2.66. The van der Waals surface area contributed by atoms with Gasteiger partial charge in [-0.3, -0.25) is 4.79 Å². The Morgan fingerprint density at radius 2 is 0.831 bits per heavy atom. The number of carbonyl (C=O) groups excluding carboxylic acids is 1. The van der Waals surface area contributed by atoms with Crippen LogP contribution in [0.3, 0.4) is 0 Å². The van der Waals surface area contributed by atoms with E-state index in [1.165, 1.54) is 109 Å². The van der Waals surface area contributed by atoms with E-state index in [0.29, 0.717) is 12.8 Å². The Balaban J connectivity index is 1.41. The van der Waals surface area contributed by atoms with Crippen LogP contribution in [0.1, 0.15) is 194 Å². The molecule has 3 aliphatic rings. The fraction of sp³-hybridized carbons (Fsp3) is 0.879. The molecule has 77 heavy (non-hydrogen) atoms. The van der Waals surface area contributed by atoms with E-state index in [1.807, 2.05) is 6.08 Å². The van der Waals surface area contributed by atoms with Crippen molar-refractivity contribution < 1.29 is 89.4 Å². The first kappa shape index (κ1) is 69.3. The van der Waals surface area contributed by atoms with Crippen LogP contribution in [0.15, 0.2) is 36.5 Å². The lowest BCUT2D eigenvalue weighted by Gasteiger charge is -2.48. The molecule has 3 aliphatic heterocycles. The number of carbonyl (C=O) groups is 1. The number of hydrogen-bond donors (Lipinski definition) is 12. The van der Waals surface area contributed by atoms with Crippen molar-refractivity contribution in [2.24, 2.45) is 0 Å². The first-order valence-electron chi connectivity index (χ1n) is 29.7. The quantitative estimate of drug-likeness (QED) is 0.0285. The molecule has 1 amide bonds. The molecule has 3 saturated heterocycles. The van der Waals surface area contributed by atoms with Crippen LogP contribution in [-0.4, -0.2) is 193 Å². The fourth-order valence-electron chi connectivity index (χ4n) is 9.99. The second-order valence-corrected chi connectivity index (χ2v) is 21.4. The van der Waals surface area contributed by atoms with Crippen LogP contribution < -0.4 is 5.32 Å². The molecule has 450 valence electrons. The Labute approximate surface area is 460 Å². The molecular weight excluding hydrogens is 999 g/mol. The molecule has 0 aromatic heterocycles. The predicted molar refractivity (Wildman–Crippen MR) is 291 cm³/mol. The van der Waals surface area contributed by atoms with Crippen LogP contribution in [0, 0.1) is 0 Å². The van der Waals surface area contributed by atoms with Gasteiger partial charge in [0.25, 0.3) is 0 Å². The molecule has 0 aliphatic carbocycles. The second-order valence-electron chi connectivity index (χ2n) is 21.4. The zero-order valence-electron chi connectivity index (χ0n) is 46.7. The molecule has 17 atom stereocenters. The number of aliphatic hydroxyl groups excluding tert-OH is 11. The van der Waals surface area contributed by atoms with Crippen molar-refractivity contribution in [1.29, 1.82) is 0 Å². The zero-order valence-corrected chi connectivity index (χ0v) is 46.7. The highest BCUT2D eigenvalue weighted by atomic mass is 16.8. The van der Waals surface area contributed by atoms with E-state index in [-0.39, 0.29) is 18.9 Å². The van der Waals surface area contributed by atoms with Crippen LogP contribution in [0.25, 0.3) is 0 Å². The summed E-state index contributed by atoms with van der Waals surface area (Å²) in [4.78, 5) is 13.1. The van der Waals surface area contributed by atoms with Gasteiger partial charge in [-0.25, -0.2) is 0 Å². The van der Waals surface area contributed by atoms with Crippen molar-refractivity contribution in [1.82, 2.24) is 5.32 Å². The Morgan fingerprint density at radius 1 is 0.455 bits per heavy atom. The highest BCUT2D eigenvalue weighted by Gasteiger charge is 2.53. The summed E-state index contributed by atoms with van der Waals surface area (Å²) in [5.74, 6) is -0.304. The maximum Gasteiger partial charge on any atom is 0.220 e. The van der Waals surface area contributed by atoms with E-state index >= 15 is 0 Å². The summed E-state index contributed by atoms with van der Waals surface area (Å²) >= 11 is 0. The molecule has 12 N–H and O–H groups in total. The Kier molecular flexibility index (Phi) is 37.7. The van der Waals surface area contributed by atoms with Crippen LogP contribution in [0.4, 0.5) is 0 Å². The molecule has 3 rings (SSSR count). The molecule has 0 saturated carbocycles. The van der Waals surface area contributed by atoms with E-state index in [1.54, 1.807) is 6.08 Å². The van der Waals surface area contributed by atoms with Gasteiger partial charge >= 0.3 is 0 Å². The van der Waals surface area contributed by atoms with Crippen molar-refractivity contribution in [2.45, 2.75) is 298 Å². The van der Waals surface area contributed by atoms with Crippen molar-refractivity contribution in [3.8, 4) is 0 Å². The maximum absolute atomic E-state index is 13.1. The minimum absolute atomic E-state index is 0.227. The van der Waals surface area contributed by atoms with Gasteiger partial charge in [0.05, 0.1) is 38.6 Å². The Hall–Kier alpha value is -1.99. The van der Waals surface area contributed by atoms with E-state index in [4.69, 9.17) is 28.4 Å². The van der Waals surface area contributed by atoms with Gasteiger partial charge < -0.3 is 89.9 Å². The highest BCUT2D eigenvalue weighted by molar-refractivity contribution is 5.76. The van der Waals surface area contributed by atoms with Crippen molar-refractivity contribution in [3.63, 3.8) is 0 Å². The number of amides is 1. The summed E-state index contributed by atoms with van der Waals surface area (Å²) in [5.41, 5.74) is 0. The number of allylic oxidation sites excluding steroid dienone is 5. The monoisotopic (exact) mass is 1100 g/mol. The summed E-state index contributed by atoms with van der Waals surface area (Å²) in [6, 6.07) is -0.990. The molecule has 3 fully saturated rings. The molecule has 0 bridgehead atoms. The van der Waals surface area contributed by atoms with E-state index in [0.717, 1.165) is 51.4 Å². The number of rotatable bonds is 43. The molecule has 0 aromatic carbocycles. The molecule has 17 unspecified atom stereocenters. The van der Waals surface area contributed by atoms with Crippen molar-refractivity contribution in [3.05, 3.63) is 36.5 Å². The van der Waals surface area contributed by atoms with E-state index in [2.05, 4.69) is 43.5 Å². The number of unbranched alkanes of at least 4 members (excludes halogenated alkanes) is 23. The molecule has 19 nitrogen and oxygen atoms in total. The summed E-state index contributed by atoms with van der Waals surface area (Å²) in [5, 5.41) is 119. The smallest absolute Gasteiger partial charge is 0.220 e. The minimum atomic E-state index is -1.98. The second kappa shape index (κ2) is 41.9. The van der Waals surface area contributed by atoms with Gasteiger partial charge in [0, 0.05) is 6.42 Å². The van der Waals surface area contributed by atoms with Gasteiger partial charge in [0.1, 0.15) is 73.2 Å². The molecule has 0 radical (unpaired) electrons. The van der Waals surface area contributed by atoms with Gasteiger partial charge in [-0.05, 0) is 44.9 Å². The zero-order chi connectivity index (χ0) is 56.2. The molecule has 0 spiro atoms. The van der Waals surface area contributed by atoms with E-state index < -0.39 is 124 Å². The summed E-state index contributed by atoms with van der Waals surface area (Å²) in [6.45, 7) is 1.58. The Bertz CT molecular complexity index is 1550. The third-order valence-corrected chi connectivity index (χ3v) is 14.9. The van der Waals surface area contributed by atoms with Gasteiger partial charge in [-0.15, -0.1) is 0 Å². The van der Waals surface area contributed by atoms with Crippen molar-refractivity contribution >= 4 is 5.91 Å². The predicted octanol–water partition coefficient (Wildman–Crippen LogP) is 4.93. The summed E-state index contributed by atoms with van der Waals surface area (Å²) in [7, 11) is 0. The van der Waals surface area contributed by atoms with Crippen molar-refractivity contribution in [2.75, 3.05) is 26.4 Å². The summed E-state index contributed by atoms with van der Waals surface area (Å²) < 4.78 is 34.0. The third-order valence-electron chi connectivity index (χ3n) is 14.9. The van der Waals surface area contributed by atoms with Gasteiger partial charge in [-0.2, -0.15) is 0 Å². The van der Waals surface area contributed by atoms with E-state index in [9.17, 15) is 61.0 Å². The van der Waals surface area contributed by atoms with Crippen LogP contribution >= 0.6 is 0 Å². The molecular formula is C58H105NO18. The molecule has 0 aromatic rings. The number of aliphatic hydroxyl groups is 11. The number of nitrogens with one attached hydrogen (secondary N) is 1. The molecule has 19 heteroatoms. The summed E-state index contributed by atoms with van der Waals surface area (Å²) in [6.07, 6.45) is 18.0. The standard InChI is InChI=1S/C58H105NO18/c1-3-5-7-9-10-11-12-13-14-15-16-17-18-19-20-21-22-23-24-25-26-27-28-29-30-32-33-35-42(63)41(59-46(64)36-34-31-8-6-4-2)40-72-56-52(70)49(67)54(44(38-61)74-56)77-58-53(71)50(68)55(45(39-62)75-58)76-57-51(69)48(66)47(65)43(37-60)73-57/h24-25,28-29,33,35,41-45,47-58,60-63,65-71H,3-23,26-27,30-32,34,36-40H2,1-2H3,(H,59,64)/b25-24+,29-28+,35-33+. The third kappa shape index (κ3) is 26.2. The van der Waals surface area contributed by atoms with Crippen LogP contribution in [0.2, 0.25) is 0 Å². The normalized spacial score (nSPS) is 30.9. The van der Waals surface area contributed by atoms with Gasteiger partial charge in [0.2, 0.25) is 5.91 Å². The first-order valence-corrected chi connectivity index (χ1v) is 29.7. The number of ether oxygens (including phenoxy) is 6. The average molecular weight is 1100 g/mol. The average Bonchev–Trinajstić information content (AvgIpc) is 3.45. The lowest BCUT2D eigenvalue weighted by molar-refractivity contribution is -0.379. The largest absolute Gasteiger partial charge is 0.394 e. The first-order chi connectivity index (χ1) is 37.3. The van der Waals surface area contributed by atoms with Crippen LogP contribution in [0.5, 0.6) is 0 Å². The van der Waals surface area contributed by atoms with Gasteiger partial charge in [-0.1, -0.05) is 179 Å². The van der Waals surface area contributed by atoms with Gasteiger partial charge in [0.15, 0.2) is 18.9 Å². The lowest BCUT2D eigenvalue weighted by atomic mass is 9.96. The Morgan fingerprint density at radius 3 is 1.30 bits per heavy atom. The molecule has 3 heterocycles. The fourth-order valence-corrected chi connectivity index (χ4v) is 9.99. The minimum Gasteiger partial charge on any atom is -0.394 e. The van der Waals surface area contributed by atoms with Crippen LogP contribution in [-0.2, 0) is 33.2 Å². The maximum atomic E-state index is 13.1. The SMILES string of the molecule is CCCCCCCCCCCCCCCCCCC/C=C/CC/C=C/CC/C=C/C(O)C(COC1OC(CO)C(OC2OC(CO)C(OC3OC(CO)C(O)C(O)C3O)C(O)C2O)C(O)C1O)NC(=O)CCCCCCC. The topological polar surface area (TPSA) is 307 Å².